The van der Waals surface area contributed by atoms with Crippen LogP contribution in [0.25, 0.3) is 0 Å². The van der Waals surface area contributed by atoms with Crippen molar-refractivity contribution in [2.24, 2.45) is 5.73 Å². The molecule has 0 unspecified atom stereocenters. The van der Waals surface area contributed by atoms with Crippen LogP contribution in [0.4, 0.5) is 0 Å². The lowest BCUT2D eigenvalue weighted by atomic mass is 9.91. The van der Waals surface area contributed by atoms with Crippen molar-refractivity contribution in [2.75, 3.05) is 0 Å². The van der Waals surface area contributed by atoms with Gasteiger partial charge in [0.15, 0.2) is 0 Å². The van der Waals surface area contributed by atoms with Gasteiger partial charge in [-0.3, -0.25) is 0 Å². The van der Waals surface area contributed by atoms with E-state index in [1.54, 1.807) is 0 Å². The van der Waals surface area contributed by atoms with Crippen LogP contribution in [-0.4, -0.2) is 0 Å². The molecule has 0 aromatic heterocycles. The summed E-state index contributed by atoms with van der Waals surface area (Å²) in [5, 5.41) is 0. The second-order valence-corrected chi connectivity index (χ2v) is 1.97. The summed E-state index contributed by atoms with van der Waals surface area (Å²) >= 11 is 0. The van der Waals surface area contributed by atoms with E-state index in [0.29, 0.717) is 0 Å². The maximum atomic E-state index is 5.45. The van der Waals surface area contributed by atoms with Gasteiger partial charge in [-0.1, -0.05) is 6.58 Å². The summed E-state index contributed by atoms with van der Waals surface area (Å²) in [6, 6.07) is 0. The quantitative estimate of drug-likeness (QED) is 0.480. The van der Waals surface area contributed by atoms with Gasteiger partial charge in [0.2, 0.25) is 0 Å². The summed E-state index contributed by atoms with van der Waals surface area (Å²) in [5.41, 5.74) is 8.74. The molecule has 0 spiro atoms. The molecule has 1 aliphatic carbocycles. The van der Waals surface area contributed by atoms with Crippen molar-refractivity contribution in [1.29, 1.82) is 0 Å². The third kappa shape index (κ3) is 0.446. The highest BCUT2D eigenvalue weighted by molar-refractivity contribution is 5.43. The predicted octanol–water partition coefficient (Wildman–Crippen LogP) is 1.18. The van der Waals surface area contributed by atoms with E-state index in [1.807, 2.05) is 6.92 Å². The first-order chi connectivity index (χ1) is 3.22. The van der Waals surface area contributed by atoms with E-state index in [1.165, 1.54) is 5.57 Å². The van der Waals surface area contributed by atoms with Gasteiger partial charge in [0, 0.05) is 5.70 Å². The normalized spacial score (nSPS) is 19.9. The molecule has 0 aromatic rings. The molecule has 1 heteroatoms. The van der Waals surface area contributed by atoms with Crippen molar-refractivity contribution < 1.29 is 0 Å². The summed E-state index contributed by atoms with van der Waals surface area (Å²) in [7, 11) is 0. The van der Waals surface area contributed by atoms with Crippen LogP contribution in [0.3, 0.4) is 0 Å². The zero-order chi connectivity index (χ0) is 5.44. The molecule has 0 bridgehead atoms. The summed E-state index contributed by atoms with van der Waals surface area (Å²) in [5.74, 6) is 0. The van der Waals surface area contributed by atoms with E-state index in [9.17, 15) is 0 Å². The molecule has 2 N–H and O–H groups in total. The van der Waals surface area contributed by atoms with Gasteiger partial charge in [-0.25, -0.2) is 0 Å². The number of hydrogen-bond donors (Lipinski definition) is 1. The van der Waals surface area contributed by atoms with E-state index in [2.05, 4.69) is 6.58 Å². The highest BCUT2D eigenvalue weighted by Gasteiger charge is 2.12. The van der Waals surface area contributed by atoms with E-state index >= 15 is 0 Å². The fourth-order valence-corrected chi connectivity index (χ4v) is 0.706. The largest absolute Gasteiger partial charge is 0.399 e. The molecule has 7 heavy (non-hydrogen) atoms. The van der Waals surface area contributed by atoms with Gasteiger partial charge < -0.3 is 5.73 Å². The topological polar surface area (TPSA) is 26.0 Å². The third-order valence-electron chi connectivity index (χ3n) is 1.32. The lowest BCUT2D eigenvalue weighted by Gasteiger charge is -2.18. The molecule has 0 amide bonds. The van der Waals surface area contributed by atoms with Gasteiger partial charge in [-0.05, 0) is 24.5 Å². The average Bonchev–Trinajstić information content (AvgIpc) is 1.68. The Morgan fingerprint density at radius 3 is 2.29 bits per heavy atom. The Morgan fingerprint density at radius 2 is 2.29 bits per heavy atom. The summed E-state index contributed by atoms with van der Waals surface area (Å²) in [6.07, 6.45) is 1.02. The summed E-state index contributed by atoms with van der Waals surface area (Å²) < 4.78 is 0. The highest BCUT2D eigenvalue weighted by Crippen LogP contribution is 2.27. The Labute approximate surface area is 43.5 Å². The van der Waals surface area contributed by atoms with Crippen molar-refractivity contribution in [2.45, 2.75) is 13.3 Å². The van der Waals surface area contributed by atoms with E-state index in [-0.39, 0.29) is 0 Å². The van der Waals surface area contributed by atoms with Crippen LogP contribution in [0.15, 0.2) is 23.4 Å². The van der Waals surface area contributed by atoms with Crippen molar-refractivity contribution in [3.63, 3.8) is 0 Å². The second-order valence-electron chi connectivity index (χ2n) is 1.97. The monoisotopic (exact) mass is 95.1 g/mol. The Bertz CT molecular complexity index is 142. The molecule has 0 saturated carbocycles. The van der Waals surface area contributed by atoms with Gasteiger partial charge in [0.25, 0.3) is 0 Å². The van der Waals surface area contributed by atoms with Gasteiger partial charge in [-0.2, -0.15) is 0 Å². The maximum absolute atomic E-state index is 5.45. The van der Waals surface area contributed by atoms with Gasteiger partial charge >= 0.3 is 0 Å². The fraction of sp³-hybridized carbons (Fsp3) is 0.333. The van der Waals surface area contributed by atoms with E-state index in [0.717, 1.165) is 17.7 Å². The van der Waals surface area contributed by atoms with Crippen molar-refractivity contribution >= 4 is 0 Å². The molecule has 38 valence electrons. The van der Waals surface area contributed by atoms with Gasteiger partial charge in [-0.15, -0.1) is 0 Å². The molecule has 0 radical (unpaired) electrons. The van der Waals surface area contributed by atoms with Gasteiger partial charge in [0.05, 0.1) is 0 Å². The first kappa shape index (κ1) is 4.44. The minimum atomic E-state index is 0.917. The van der Waals surface area contributed by atoms with E-state index < -0.39 is 0 Å². The van der Waals surface area contributed by atoms with Crippen molar-refractivity contribution in [3.05, 3.63) is 23.4 Å². The Balaban J connectivity index is 2.85. The minimum absolute atomic E-state index is 0.917. The summed E-state index contributed by atoms with van der Waals surface area (Å²) in [4.78, 5) is 0. The van der Waals surface area contributed by atoms with Crippen LogP contribution in [-0.2, 0) is 0 Å². The van der Waals surface area contributed by atoms with Gasteiger partial charge in [0.1, 0.15) is 0 Å². The maximum Gasteiger partial charge on any atom is 0.0336 e. The molecule has 0 heterocycles. The van der Waals surface area contributed by atoms with Crippen LogP contribution in [0.1, 0.15) is 13.3 Å². The molecule has 0 aliphatic heterocycles. The highest BCUT2D eigenvalue weighted by atomic mass is 14.6. The molecule has 0 aromatic carbocycles. The zero-order valence-corrected chi connectivity index (χ0v) is 4.49. The molecule has 1 aliphatic rings. The first-order valence-corrected chi connectivity index (χ1v) is 2.35. The van der Waals surface area contributed by atoms with Crippen molar-refractivity contribution in [1.82, 2.24) is 0 Å². The van der Waals surface area contributed by atoms with Crippen molar-refractivity contribution in [3.8, 4) is 0 Å². The number of nitrogens with two attached hydrogens (primary N) is 1. The third-order valence-corrected chi connectivity index (χ3v) is 1.32. The molecule has 1 nitrogen and oxygen atoms in total. The molecular weight excluding hydrogens is 86.1 g/mol. The Morgan fingerprint density at radius 1 is 1.71 bits per heavy atom. The van der Waals surface area contributed by atoms with E-state index in [4.69, 9.17) is 5.73 Å². The average molecular weight is 95.1 g/mol. The van der Waals surface area contributed by atoms with Crippen LogP contribution in [0, 0.1) is 0 Å². The first-order valence-electron chi connectivity index (χ1n) is 2.35. The predicted molar refractivity (Wildman–Crippen MR) is 30.6 cm³/mol. The fourth-order valence-electron chi connectivity index (χ4n) is 0.706. The van der Waals surface area contributed by atoms with Crippen LogP contribution in [0.5, 0.6) is 0 Å². The minimum Gasteiger partial charge on any atom is -0.399 e. The molecule has 0 saturated heterocycles. The van der Waals surface area contributed by atoms with Crippen LogP contribution < -0.4 is 5.73 Å². The molecular formula is C6H9N. The standard InChI is InChI=1S/C6H9N/c1-4-3-5(2)6(4)7/h1,3,7H2,2H3. The molecule has 0 fully saturated rings. The number of allylic oxidation sites excluding steroid dienone is 2. The van der Waals surface area contributed by atoms with Crippen LogP contribution >= 0.6 is 0 Å². The molecule has 0 atom stereocenters. The Kier molecular flexibility index (Phi) is 0.712. The zero-order valence-electron chi connectivity index (χ0n) is 4.49. The number of rotatable bonds is 0. The lowest BCUT2D eigenvalue weighted by molar-refractivity contribution is 0.967. The SMILES string of the molecule is C=C1CC(C)=C1N. The lowest BCUT2D eigenvalue weighted by Crippen LogP contribution is -2.12. The van der Waals surface area contributed by atoms with Crippen LogP contribution in [0.2, 0.25) is 0 Å². The second kappa shape index (κ2) is 1.12. The Hall–Kier alpha value is -0.720. The summed E-state index contributed by atoms with van der Waals surface area (Å²) in [6.45, 7) is 5.74. The smallest absolute Gasteiger partial charge is 0.0336 e. The number of hydrogen-bond acceptors (Lipinski definition) is 1. The molecule has 1 rings (SSSR count).